The van der Waals surface area contributed by atoms with Gasteiger partial charge in [0.2, 0.25) is 0 Å². The number of halogens is 1. The third kappa shape index (κ3) is 4.22. The molecule has 0 radical (unpaired) electrons. The van der Waals surface area contributed by atoms with Gasteiger partial charge in [0.1, 0.15) is 11.5 Å². The van der Waals surface area contributed by atoms with Crippen molar-refractivity contribution in [2.75, 3.05) is 10.6 Å². The van der Waals surface area contributed by atoms with Crippen LogP contribution in [0.15, 0.2) is 59.3 Å². The van der Waals surface area contributed by atoms with Crippen molar-refractivity contribution in [2.45, 2.75) is 13.8 Å². The molecule has 3 aromatic rings. The van der Waals surface area contributed by atoms with Crippen LogP contribution in [0.25, 0.3) is 0 Å². The number of benzene rings is 2. The number of rotatable bonds is 4. The van der Waals surface area contributed by atoms with Gasteiger partial charge in [0, 0.05) is 15.8 Å². The Morgan fingerprint density at radius 3 is 2.36 bits per heavy atom. The summed E-state index contributed by atoms with van der Waals surface area (Å²) in [6.07, 6.45) is 3.00. The molecule has 1 aromatic heterocycles. The number of para-hydroxylation sites is 1. The van der Waals surface area contributed by atoms with Crippen molar-refractivity contribution in [2.24, 2.45) is 0 Å². The molecule has 0 aliphatic carbocycles. The lowest BCUT2D eigenvalue weighted by Gasteiger charge is -2.11. The Balaban J connectivity index is 1.72. The summed E-state index contributed by atoms with van der Waals surface area (Å²) in [6.45, 7) is 3.92. The molecule has 1 heterocycles. The quantitative estimate of drug-likeness (QED) is 0.661. The predicted molar refractivity (Wildman–Crippen MR) is 103 cm³/mol. The van der Waals surface area contributed by atoms with Crippen molar-refractivity contribution in [1.29, 1.82) is 0 Å². The number of nitrogens with zero attached hydrogens (tertiary/aromatic N) is 2. The second-order valence-electron chi connectivity index (χ2n) is 5.64. The summed E-state index contributed by atoms with van der Waals surface area (Å²) in [5.74, 6) is 0.292. The maximum Gasteiger partial charge on any atom is 0.275 e. The number of carbonyl (C=O) groups is 1. The number of nitrogens with one attached hydrogen (secondary N) is 2. The van der Waals surface area contributed by atoms with E-state index in [0.717, 1.165) is 27.0 Å². The number of hydrogen-bond donors (Lipinski definition) is 2. The fraction of sp³-hybridized carbons (Fsp3) is 0.105. The lowest BCUT2D eigenvalue weighted by molar-refractivity contribution is 0.102. The lowest BCUT2D eigenvalue weighted by Crippen LogP contribution is -2.15. The molecule has 2 N–H and O–H groups in total. The molecule has 2 aromatic carbocycles. The Morgan fingerprint density at radius 2 is 1.72 bits per heavy atom. The van der Waals surface area contributed by atoms with Crippen LogP contribution in [0.3, 0.4) is 0 Å². The Kier molecular flexibility index (Phi) is 5.09. The number of aryl methyl sites for hydroxylation is 2. The van der Waals surface area contributed by atoms with Gasteiger partial charge in [-0.25, -0.2) is 9.97 Å². The molecule has 0 fully saturated rings. The first-order valence-electron chi connectivity index (χ1n) is 7.75. The minimum Gasteiger partial charge on any atom is -0.339 e. The zero-order valence-corrected chi connectivity index (χ0v) is 15.5. The maximum absolute atomic E-state index is 12.4. The Bertz CT molecular complexity index is 889. The van der Waals surface area contributed by atoms with Gasteiger partial charge in [0.05, 0.1) is 12.4 Å². The van der Waals surface area contributed by atoms with Gasteiger partial charge in [0.15, 0.2) is 0 Å². The average Bonchev–Trinajstić information content (AvgIpc) is 2.59. The van der Waals surface area contributed by atoms with Gasteiger partial charge in [-0.3, -0.25) is 4.79 Å². The highest BCUT2D eigenvalue weighted by Crippen LogP contribution is 2.21. The number of carbonyl (C=O) groups excluding carboxylic acids is 1. The van der Waals surface area contributed by atoms with Crippen LogP contribution in [0.5, 0.6) is 0 Å². The minimum absolute atomic E-state index is 0.266. The second-order valence-corrected chi connectivity index (χ2v) is 6.56. The van der Waals surface area contributed by atoms with E-state index in [4.69, 9.17) is 0 Å². The highest BCUT2D eigenvalue weighted by molar-refractivity contribution is 9.10. The molecule has 5 nitrogen and oxygen atoms in total. The van der Waals surface area contributed by atoms with Gasteiger partial charge in [-0.15, -0.1) is 0 Å². The van der Waals surface area contributed by atoms with E-state index in [2.05, 4.69) is 36.5 Å². The van der Waals surface area contributed by atoms with Gasteiger partial charge in [-0.1, -0.05) is 40.2 Å². The van der Waals surface area contributed by atoms with Crippen LogP contribution in [0, 0.1) is 13.8 Å². The molecule has 126 valence electrons. The molecule has 0 saturated carbocycles. The smallest absolute Gasteiger partial charge is 0.275 e. The van der Waals surface area contributed by atoms with Crippen molar-refractivity contribution in [3.63, 3.8) is 0 Å². The highest BCUT2D eigenvalue weighted by atomic mass is 79.9. The molecule has 0 atom stereocenters. The molecular weight excluding hydrogens is 380 g/mol. The zero-order chi connectivity index (χ0) is 17.8. The largest absolute Gasteiger partial charge is 0.339 e. The number of amides is 1. The summed E-state index contributed by atoms with van der Waals surface area (Å²) in [5, 5.41) is 6.05. The van der Waals surface area contributed by atoms with Crippen molar-refractivity contribution < 1.29 is 4.79 Å². The summed E-state index contributed by atoms with van der Waals surface area (Å²) < 4.78 is 0.968. The van der Waals surface area contributed by atoms with Crippen molar-refractivity contribution >= 4 is 39.0 Å². The van der Waals surface area contributed by atoms with E-state index in [9.17, 15) is 4.79 Å². The molecule has 0 unspecified atom stereocenters. The van der Waals surface area contributed by atoms with Crippen LogP contribution in [0.2, 0.25) is 0 Å². The summed E-state index contributed by atoms with van der Waals surface area (Å²) in [4.78, 5) is 20.9. The van der Waals surface area contributed by atoms with Gasteiger partial charge in [0.25, 0.3) is 5.91 Å². The molecule has 3 rings (SSSR count). The first-order chi connectivity index (χ1) is 12.0. The monoisotopic (exact) mass is 396 g/mol. The van der Waals surface area contributed by atoms with E-state index in [-0.39, 0.29) is 11.6 Å². The molecule has 1 amide bonds. The van der Waals surface area contributed by atoms with Crippen LogP contribution < -0.4 is 10.6 Å². The topological polar surface area (TPSA) is 66.9 Å². The van der Waals surface area contributed by atoms with Crippen LogP contribution >= 0.6 is 15.9 Å². The van der Waals surface area contributed by atoms with Crippen molar-refractivity contribution in [1.82, 2.24) is 9.97 Å². The molecule has 6 heteroatoms. The van der Waals surface area contributed by atoms with E-state index >= 15 is 0 Å². The Labute approximate surface area is 154 Å². The number of anilines is 3. The minimum atomic E-state index is -0.279. The van der Waals surface area contributed by atoms with Crippen molar-refractivity contribution in [3.05, 3.63) is 76.2 Å². The molecule has 0 saturated heterocycles. The first-order valence-corrected chi connectivity index (χ1v) is 8.54. The van der Waals surface area contributed by atoms with Crippen LogP contribution in [-0.2, 0) is 0 Å². The van der Waals surface area contributed by atoms with E-state index in [0.29, 0.717) is 5.82 Å². The molecular formula is C19H17BrN4O. The van der Waals surface area contributed by atoms with E-state index < -0.39 is 0 Å². The van der Waals surface area contributed by atoms with Gasteiger partial charge in [-0.2, -0.15) is 0 Å². The first kappa shape index (κ1) is 17.1. The van der Waals surface area contributed by atoms with Crippen LogP contribution in [0.4, 0.5) is 17.2 Å². The Morgan fingerprint density at radius 1 is 1.00 bits per heavy atom. The van der Waals surface area contributed by atoms with Crippen molar-refractivity contribution in [3.8, 4) is 0 Å². The van der Waals surface area contributed by atoms with Gasteiger partial charge < -0.3 is 10.6 Å². The molecule has 0 bridgehead atoms. The molecule has 0 spiro atoms. The Hall–Kier alpha value is -2.73. The van der Waals surface area contributed by atoms with Crippen LogP contribution in [0.1, 0.15) is 21.6 Å². The van der Waals surface area contributed by atoms with E-state index in [1.807, 2.05) is 56.3 Å². The third-order valence-corrected chi connectivity index (χ3v) is 4.19. The standard InChI is InChI=1S/C19H17BrN4O/c1-12-5-3-6-13(2)18(12)24-19(25)16-10-22-17(11-21-16)23-15-8-4-7-14(20)9-15/h3-11H,1-2H3,(H,22,23)(H,24,25). The second kappa shape index (κ2) is 7.44. The normalized spacial score (nSPS) is 10.4. The summed E-state index contributed by atoms with van der Waals surface area (Å²) in [5.41, 5.74) is 3.98. The maximum atomic E-state index is 12.4. The predicted octanol–water partition coefficient (Wildman–Crippen LogP) is 4.85. The summed E-state index contributed by atoms with van der Waals surface area (Å²) >= 11 is 3.42. The fourth-order valence-electron chi connectivity index (χ4n) is 2.41. The van der Waals surface area contributed by atoms with Gasteiger partial charge >= 0.3 is 0 Å². The average molecular weight is 397 g/mol. The fourth-order valence-corrected chi connectivity index (χ4v) is 2.81. The van der Waals surface area contributed by atoms with E-state index in [1.165, 1.54) is 6.20 Å². The third-order valence-electron chi connectivity index (χ3n) is 3.70. The zero-order valence-electron chi connectivity index (χ0n) is 13.9. The number of aromatic nitrogens is 2. The summed E-state index contributed by atoms with van der Waals surface area (Å²) in [7, 11) is 0. The number of hydrogen-bond acceptors (Lipinski definition) is 4. The molecule has 0 aliphatic heterocycles. The van der Waals surface area contributed by atoms with Crippen LogP contribution in [-0.4, -0.2) is 15.9 Å². The lowest BCUT2D eigenvalue weighted by atomic mass is 10.1. The highest BCUT2D eigenvalue weighted by Gasteiger charge is 2.11. The molecule has 0 aliphatic rings. The SMILES string of the molecule is Cc1cccc(C)c1NC(=O)c1cnc(Nc2cccc(Br)c2)cn1. The molecule has 25 heavy (non-hydrogen) atoms. The van der Waals surface area contributed by atoms with Gasteiger partial charge in [-0.05, 0) is 43.2 Å². The van der Waals surface area contributed by atoms with E-state index in [1.54, 1.807) is 6.20 Å². The summed E-state index contributed by atoms with van der Waals surface area (Å²) in [6, 6.07) is 13.6.